The highest BCUT2D eigenvalue weighted by Crippen LogP contribution is 2.40. The molecule has 8 heteroatoms. The van der Waals surface area contributed by atoms with Crippen molar-refractivity contribution in [1.29, 1.82) is 0 Å². The smallest absolute Gasteiger partial charge is 0.241 e. The zero-order valence-electron chi connectivity index (χ0n) is 15.8. The Balaban J connectivity index is 1.28. The molecular formula is C20H22N6O2. The summed E-state index contributed by atoms with van der Waals surface area (Å²) in [5.41, 5.74) is 2.89. The summed E-state index contributed by atoms with van der Waals surface area (Å²) in [7, 11) is 0. The summed E-state index contributed by atoms with van der Waals surface area (Å²) in [6.45, 7) is 5.10. The second-order valence-electron chi connectivity index (χ2n) is 7.41. The first-order valence-corrected chi connectivity index (χ1v) is 9.64. The molecule has 144 valence electrons. The molecule has 0 bridgehead atoms. The van der Waals surface area contributed by atoms with Crippen LogP contribution in [0.15, 0.2) is 35.2 Å². The number of fused-ring (bicyclic) bond motifs is 2. The third kappa shape index (κ3) is 3.18. The van der Waals surface area contributed by atoms with Crippen molar-refractivity contribution in [1.82, 2.24) is 30.0 Å². The van der Waals surface area contributed by atoms with Crippen molar-refractivity contribution in [3.05, 3.63) is 53.7 Å². The van der Waals surface area contributed by atoms with Gasteiger partial charge in [-0.3, -0.25) is 9.88 Å². The Morgan fingerprint density at radius 2 is 2.07 bits per heavy atom. The number of aromatic nitrogens is 5. The van der Waals surface area contributed by atoms with Gasteiger partial charge in [0.15, 0.2) is 0 Å². The second kappa shape index (κ2) is 7.03. The SMILES string of the molecule is Cc1ncc2c(n1)C1(CCN(Cc3nc(-c4cccnc4)no3)CC1)OCC2. The molecule has 8 nitrogen and oxygen atoms in total. The van der Waals surface area contributed by atoms with Crippen molar-refractivity contribution >= 4 is 0 Å². The highest BCUT2D eigenvalue weighted by molar-refractivity contribution is 5.51. The molecule has 0 unspecified atom stereocenters. The lowest BCUT2D eigenvalue weighted by Crippen LogP contribution is -2.47. The topological polar surface area (TPSA) is 90.1 Å². The van der Waals surface area contributed by atoms with Gasteiger partial charge in [-0.25, -0.2) is 9.97 Å². The highest BCUT2D eigenvalue weighted by Gasteiger charge is 2.42. The van der Waals surface area contributed by atoms with Crippen LogP contribution in [0.1, 0.15) is 35.8 Å². The summed E-state index contributed by atoms with van der Waals surface area (Å²) in [6.07, 6.45) is 8.12. The average molecular weight is 378 g/mol. The zero-order chi connectivity index (χ0) is 19.0. The summed E-state index contributed by atoms with van der Waals surface area (Å²) in [6, 6.07) is 3.79. The van der Waals surface area contributed by atoms with Gasteiger partial charge in [0.2, 0.25) is 11.7 Å². The number of aryl methyl sites for hydroxylation is 1. The normalized spacial score (nSPS) is 18.9. The maximum absolute atomic E-state index is 6.27. The lowest BCUT2D eigenvalue weighted by atomic mass is 9.83. The molecule has 0 atom stereocenters. The van der Waals surface area contributed by atoms with Crippen molar-refractivity contribution in [3.8, 4) is 11.4 Å². The minimum Gasteiger partial charge on any atom is -0.368 e. The molecule has 0 radical (unpaired) electrons. The lowest BCUT2D eigenvalue weighted by molar-refractivity contribution is -0.103. The maximum Gasteiger partial charge on any atom is 0.241 e. The molecule has 3 aromatic rings. The summed E-state index contributed by atoms with van der Waals surface area (Å²) in [5.74, 6) is 2.01. The summed E-state index contributed by atoms with van der Waals surface area (Å²) in [5, 5.41) is 4.08. The van der Waals surface area contributed by atoms with E-state index in [0.717, 1.165) is 56.0 Å². The number of likely N-dealkylation sites (tertiary alicyclic amines) is 1. The molecule has 1 saturated heterocycles. The third-order valence-electron chi connectivity index (χ3n) is 5.58. The van der Waals surface area contributed by atoms with Gasteiger partial charge in [-0.2, -0.15) is 4.98 Å². The van der Waals surface area contributed by atoms with Crippen LogP contribution in [0.2, 0.25) is 0 Å². The molecule has 2 aliphatic rings. The van der Waals surface area contributed by atoms with Gasteiger partial charge in [0.1, 0.15) is 11.4 Å². The number of nitrogens with zero attached hydrogens (tertiary/aromatic N) is 6. The molecule has 0 N–H and O–H groups in total. The van der Waals surface area contributed by atoms with E-state index in [-0.39, 0.29) is 5.60 Å². The van der Waals surface area contributed by atoms with E-state index in [1.165, 1.54) is 5.56 Å². The predicted octanol–water partition coefficient (Wildman–Crippen LogP) is 2.29. The number of hydrogen-bond donors (Lipinski definition) is 0. The van der Waals surface area contributed by atoms with Gasteiger partial charge < -0.3 is 9.26 Å². The van der Waals surface area contributed by atoms with Gasteiger partial charge >= 0.3 is 0 Å². The maximum atomic E-state index is 6.27. The Bertz CT molecular complexity index is 966. The van der Waals surface area contributed by atoms with Crippen LogP contribution in [-0.2, 0) is 23.3 Å². The Morgan fingerprint density at radius 3 is 2.89 bits per heavy atom. The van der Waals surface area contributed by atoms with Crippen LogP contribution >= 0.6 is 0 Å². The third-order valence-corrected chi connectivity index (χ3v) is 5.58. The second-order valence-corrected chi connectivity index (χ2v) is 7.41. The largest absolute Gasteiger partial charge is 0.368 e. The molecule has 5 heterocycles. The minimum atomic E-state index is -0.284. The number of ether oxygens (including phenoxy) is 1. The van der Waals surface area contributed by atoms with E-state index in [1.807, 2.05) is 25.3 Å². The van der Waals surface area contributed by atoms with Gasteiger partial charge in [0.25, 0.3) is 0 Å². The van der Waals surface area contributed by atoms with E-state index in [1.54, 1.807) is 12.4 Å². The van der Waals surface area contributed by atoms with Crippen molar-refractivity contribution < 1.29 is 9.26 Å². The van der Waals surface area contributed by atoms with E-state index in [2.05, 4.69) is 25.0 Å². The molecular weight excluding hydrogens is 356 g/mol. The van der Waals surface area contributed by atoms with E-state index < -0.39 is 0 Å². The predicted molar refractivity (Wildman–Crippen MR) is 100 cm³/mol. The van der Waals surface area contributed by atoms with Crippen molar-refractivity contribution in [3.63, 3.8) is 0 Å². The summed E-state index contributed by atoms with van der Waals surface area (Å²) >= 11 is 0. The molecule has 0 saturated carbocycles. The van der Waals surface area contributed by atoms with E-state index in [9.17, 15) is 0 Å². The fourth-order valence-electron chi connectivity index (χ4n) is 4.07. The first kappa shape index (κ1) is 17.4. The summed E-state index contributed by atoms with van der Waals surface area (Å²) in [4.78, 5) is 20.0. The lowest BCUT2D eigenvalue weighted by Gasteiger charge is -2.43. The van der Waals surface area contributed by atoms with Crippen LogP contribution in [0.4, 0.5) is 0 Å². The monoisotopic (exact) mass is 378 g/mol. The molecule has 0 amide bonds. The average Bonchev–Trinajstić information content (AvgIpc) is 3.20. The van der Waals surface area contributed by atoms with E-state index in [4.69, 9.17) is 14.2 Å². The Morgan fingerprint density at radius 1 is 1.18 bits per heavy atom. The molecule has 1 fully saturated rings. The molecule has 0 aliphatic carbocycles. The first-order valence-electron chi connectivity index (χ1n) is 9.64. The number of rotatable bonds is 3. The fourth-order valence-corrected chi connectivity index (χ4v) is 4.07. The van der Waals surface area contributed by atoms with E-state index in [0.29, 0.717) is 18.3 Å². The zero-order valence-corrected chi connectivity index (χ0v) is 15.8. The van der Waals surface area contributed by atoms with Gasteiger partial charge in [-0.15, -0.1) is 0 Å². The molecule has 0 aromatic carbocycles. The van der Waals surface area contributed by atoms with Crippen LogP contribution in [-0.4, -0.2) is 49.7 Å². The quantitative estimate of drug-likeness (QED) is 0.686. The van der Waals surface area contributed by atoms with Crippen LogP contribution < -0.4 is 0 Å². The minimum absolute atomic E-state index is 0.284. The van der Waals surface area contributed by atoms with Gasteiger partial charge in [-0.1, -0.05) is 5.16 Å². The van der Waals surface area contributed by atoms with Gasteiger partial charge in [0.05, 0.1) is 18.8 Å². The molecule has 28 heavy (non-hydrogen) atoms. The first-order chi connectivity index (χ1) is 13.7. The van der Waals surface area contributed by atoms with Crippen molar-refractivity contribution in [2.24, 2.45) is 0 Å². The molecule has 1 spiro atoms. The van der Waals surface area contributed by atoms with E-state index >= 15 is 0 Å². The number of piperidine rings is 1. The number of pyridine rings is 1. The standard InChI is InChI=1S/C20H22N6O2/c1-14-22-12-15-4-10-27-20(18(15)23-14)5-8-26(9-6-20)13-17-24-19(25-28-17)16-3-2-7-21-11-16/h2-3,7,11-12H,4-6,8-10,13H2,1H3. The van der Waals surface area contributed by atoms with Crippen LogP contribution in [0.3, 0.4) is 0 Å². The Hall–Kier alpha value is -2.71. The van der Waals surface area contributed by atoms with Gasteiger partial charge in [0, 0.05) is 37.2 Å². The van der Waals surface area contributed by atoms with Crippen LogP contribution in [0.25, 0.3) is 11.4 Å². The highest BCUT2D eigenvalue weighted by atomic mass is 16.5. The van der Waals surface area contributed by atoms with Crippen LogP contribution in [0, 0.1) is 6.92 Å². The molecule has 2 aliphatic heterocycles. The van der Waals surface area contributed by atoms with Gasteiger partial charge in [-0.05, 0) is 43.9 Å². The molecule has 3 aromatic heterocycles. The van der Waals surface area contributed by atoms with Crippen molar-refractivity contribution in [2.45, 2.75) is 38.3 Å². The van der Waals surface area contributed by atoms with Crippen molar-refractivity contribution in [2.75, 3.05) is 19.7 Å². The Labute approximate surface area is 163 Å². The number of hydrogen-bond acceptors (Lipinski definition) is 8. The fraction of sp³-hybridized carbons (Fsp3) is 0.450. The molecule has 5 rings (SSSR count). The van der Waals surface area contributed by atoms with Crippen LogP contribution in [0.5, 0.6) is 0 Å². The summed E-state index contributed by atoms with van der Waals surface area (Å²) < 4.78 is 11.7. The Kier molecular flexibility index (Phi) is 4.37.